The second kappa shape index (κ2) is 10.2. The summed E-state index contributed by atoms with van der Waals surface area (Å²) in [6.45, 7) is 2.61. The first-order valence-electron chi connectivity index (χ1n) is 9.97. The van der Waals surface area contributed by atoms with Gasteiger partial charge in [-0.3, -0.25) is 4.79 Å². The van der Waals surface area contributed by atoms with Crippen LogP contribution in [-0.4, -0.2) is 40.3 Å². The Bertz CT molecular complexity index is 789. The van der Waals surface area contributed by atoms with E-state index in [4.69, 9.17) is 14.2 Å². The molecule has 156 valence electrons. The van der Waals surface area contributed by atoms with Gasteiger partial charge in [-0.15, -0.1) is 0 Å². The van der Waals surface area contributed by atoms with E-state index >= 15 is 0 Å². The largest absolute Gasteiger partial charge is 0.493 e. The minimum absolute atomic E-state index is 0.0218. The lowest BCUT2D eigenvalue weighted by Crippen LogP contribution is -2.24. The summed E-state index contributed by atoms with van der Waals surface area (Å²) in [5, 5.41) is 6.36. The number of amides is 1. The molecule has 1 aliphatic heterocycles. The lowest BCUT2D eigenvalue weighted by Gasteiger charge is -2.14. The Hall–Kier alpha value is -2.73. The van der Waals surface area contributed by atoms with E-state index in [2.05, 4.69) is 34.9 Å². The van der Waals surface area contributed by atoms with Gasteiger partial charge in [0, 0.05) is 6.54 Å². The average Bonchev–Trinajstić information content (AvgIpc) is 3.25. The molecule has 0 saturated carbocycles. The van der Waals surface area contributed by atoms with Crippen molar-refractivity contribution in [1.82, 2.24) is 10.6 Å². The van der Waals surface area contributed by atoms with E-state index in [1.807, 2.05) is 12.1 Å². The van der Waals surface area contributed by atoms with Crippen molar-refractivity contribution in [3.05, 3.63) is 53.1 Å². The zero-order valence-corrected chi connectivity index (χ0v) is 17.4. The van der Waals surface area contributed by atoms with Crippen LogP contribution in [0.4, 0.5) is 0 Å². The first-order chi connectivity index (χ1) is 14.1. The fraction of sp³-hybridized carbons (Fsp3) is 0.435. The number of rotatable bonds is 9. The van der Waals surface area contributed by atoms with Crippen LogP contribution >= 0.6 is 0 Å². The van der Waals surface area contributed by atoms with Crippen LogP contribution < -0.4 is 24.8 Å². The molecule has 1 unspecified atom stereocenters. The fourth-order valence-electron chi connectivity index (χ4n) is 3.70. The lowest BCUT2D eigenvalue weighted by atomic mass is 9.97. The number of ether oxygens (including phenoxy) is 3. The predicted molar refractivity (Wildman–Crippen MR) is 113 cm³/mol. The molecule has 1 fully saturated rings. The van der Waals surface area contributed by atoms with Gasteiger partial charge in [0.15, 0.2) is 11.5 Å². The third-order valence-electron chi connectivity index (χ3n) is 5.29. The van der Waals surface area contributed by atoms with Gasteiger partial charge in [-0.05, 0) is 60.7 Å². The Morgan fingerprint density at radius 1 is 1.00 bits per heavy atom. The fourth-order valence-corrected chi connectivity index (χ4v) is 3.70. The molecular formula is C23H30N2O4. The molecule has 6 nitrogen and oxygen atoms in total. The molecule has 1 atom stereocenters. The molecule has 2 N–H and O–H groups in total. The maximum absolute atomic E-state index is 12.4. The van der Waals surface area contributed by atoms with Crippen LogP contribution in [0, 0.1) is 5.92 Å². The number of carbonyl (C=O) groups excluding carboxylic acids is 1. The van der Waals surface area contributed by atoms with Gasteiger partial charge in [0.1, 0.15) is 0 Å². The van der Waals surface area contributed by atoms with Crippen molar-refractivity contribution in [3.63, 3.8) is 0 Å². The Morgan fingerprint density at radius 2 is 1.66 bits per heavy atom. The summed E-state index contributed by atoms with van der Waals surface area (Å²) in [5.41, 5.74) is 3.23. The zero-order valence-electron chi connectivity index (χ0n) is 17.4. The summed E-state index contributed by atoms with van der Waals surface area (Å²) in [4.78, 5) is 12.4. The second-order valence-corrected chi connectivity index (χ2v) is 7.37. The quantitative estimate of drug-likeness (QED) is 0.680. The Morgan fingerprint density at radius 3 is 2.21 bits per heavy atom. The van der Waals surface area contributed by atoms with Crippen molar-refractivity contribution in [2.75, 3.05) is 34.4 Å². The number of hydrogen-bond acceptors (Lipinski definition) is 5. The summed E-state index contributed by atoms with van der Waals surface area (Å²) < 4.78 is 16.0. The molecule has 0 aliphatic carbocycles. The molecular weight excluding hydrogens is 368 g/mol. The summed E-state index contributed by atoms with van der Waals surface area (Å²) in [5.74, 6) is 2.39. The van der Waals surface area contributed by atoms with Gasteiger partial charge in [-0.25, -0.2) is 0 Å². The Balaban J connectivity index is 1.54. The molecule has 0 aromatic heterocycles. The molecule has 1 saturated heterocycles. The first-order valence-corrected chi connectivity index (χ1v) is 9.97. The summed E-state index contributed by atoms with van der Waals surface area (Å²) >= 11 is 0. The average molecular weight is 399 g/mol. The van der Waals surface area contributed by atoms with E-state index in [1.54, 1.807) is 21.3 Å². The molecule has 29 heavy (non-hydrogen) atoms. The van der Waals surface area contributed by atoms with E-state index in [0.29, 0.717) is 30.2 Å². The van der Waals surface area contributed by atoms with Gasteiger partial charge in [-0.1, -0.05) is 24.3 Å². The maximum Gasteiger partial charge on any atom is 0.224 e. The van der Waals surface area contributed by atoms with Crippen LogP contribution in [0.2, 0.25) is 0 Å². The Kier molecular flexibility index (Phi) is 7.36. The minimum atomic E-state index is -0.0218. The highest BCUT2D eigenvalue weighted by Gasteiger charge is 2.15. The van der Waals surface area contributed by atoms with Crippen molar-refractivity contribution in [2.24, 2.45) is 5.92 Å². The van der Waals surface area contributed by atoms with Crippen LogP contribution in [0.3, 0.4) is 0 Å². The van der Waals surface area contributed by atoms with Crippen molar-refractivity contribution < 1.29 is 19.0 Å². The van der Waals surface area contributed by atoms with Crippen LogP contribution in [0.1, 0.15) is 23.1 Å². The molecule has 2 aromatic rings. The molecule has 3 rings (SSSR count). The van der Waals surface area contributed by atoms with E-state index in [9.17, 15) is 4.79 Å². The highest BCUT2D eigenvalue weighted by atomic mass is 16.5. The van der Waals surface area contributed by atoms with Crippen molar-refractivity contribution in [3.8, 4) is 17.2 Å². The van der Waals surface area contributed by atoms with Crippen LogP contribution in [-0.2, 0) is 24.2 Å². The highest BCUT2D eigenvalue weighted by molar-refractivity contribution is 5.78. The summed E-state index contributed by atoms with van der Waals surface area (Å²) in [6.07, 6.45) is 2.70. The molecule has 1 aliphatic rings. The third kappa shape index (κ3) is 5.64. The lowest BCUT2D eigenvalue weighted by molar-refractivity contribution is -0.120. The van der Waals surface area contributed by atoms with Crippen molar-refractivity contribution in [2.45, 2.75) is 25.8 Å². The minimum Gasteiger partial charge on any atom is -0.493 e. The SMILES string of the molecule is COc1cc(CNC(=O)Cc2ccc(CC3CCNC3)cc2)cc(OC)c1OC. The second-order valence-electron chi connectivity index (χ2n) is 7.37. The number of methoxy groups -OCH3 is 3. The molecule has 0 spiro atoms. The van der Waals surface area contributed by atoms with Gasteiger partial charge < -0.3 is 24.8 Å². The van der Waals surface area contributed by atoms with Gasteiger partial charge in [0.25, 0.3) is 0 Å². The van der Waals surface area contributed by atoms with Crippen LogP contribution in [0.25, 0.3) is 0 Å². The van der Waals surface area contributed by atoms with E-state index in [-0.39, 0.29) is 5.91 Å². The number of hydrogen-bond donors (Lipinski definition) is 2. The molecule has 1 amide bonds. The summed E-state index contributed by atoms with van der Waals surface area (Å²) in [6, 6.07) is 12.1. The van der Waals surface area contributed by atoms with E-state index < -0.39 is 0 Å². The van der Waals surface area contributed by atoms with E-state index in [1.165, 1.54) is 12.0 Å². The van der Waals surface area contributed by atoms with Crippen LogP contribution in [0.15, 0.2) is 36.4 Å². The topological polar surface area (TPSA) is 68.8 Å². The predicted octanol–water partition coefficient (Wildman–Crippen LogP) is 2.72. The van der Waals surface area contributed by atoms with E-state index in [0.717, 1.165) is 36.6 Å². The number of carbonyl (C=O) groups is 1. The summed E-state index contributed by atoms with van der Waals surface area (Å²) in [7, 11) is 4.72. The molecule has 2 aromatic carbocycles. The highest BCUT2D eigenvalue weighted by Crippen LogP contribution is 2.38. The normalized spacial score (nSPS) is 15.8. The first kappa shape index (κ1) is 21.0. The van der Waals surface area contributed by atoms with Crippen LogP contribution in [0.5, 0.6) is 17.2 Å². The number of nitrogens with one attached hydrogen (secondary N) is 2. The van der Waals surface area contributed by atoms with Gasteiger partial charge in [0.2, 0.25) is 11.7 Å². The number of benzene rings is 2. The zero-order chi connectivity index (χ0) is 20.6. The van der Waals surface area contributed by atoms with Gasteiger partial charge in [-0.2, -0.15) is 0 Å². The van der Waals surface area contributed by atoms with Gasteiger partial charge in [0.05, 0.1) is 27.8 Å². The standard InChI is InChI=1S/C23H30N2O4/c1-27-20-11-19(12-21(28-2)23(20)29-3)15-25-22(26)13-17-6-4-16(5-7-17)10-18-8-9-24-14-18/h4-7,11-12,18,24H,8-10,13-15H2,1-3H3,(H,25,26). The smallest absolute Gasteiger partial charge is 0.224 e. The molecule has 0 bridgehead atoms. The maximum atomic E-state index is 12.4. The molecule has 6 heteroatoms. The monoisotopic (exact) mass is 398 g/mol. The molecule has 0 radical (unpaired) electrons. The van der Waals surface area contributed by atoms with Gasteiger partial charge >= 0.3 is 0 Å². The Labute approximate surface area is 172 Å². The third-order valence-corrected chi connectivity index (χ3v) is 5.29. The molecule has 1 heterocycles. The van der Waals surface area contributed by atoms with Crippen molar-refractivity contribution in [1.29, 1.82) is 0 Å². The van der Waals surface area contributed by atoms with Crippen molar-refractivity contribution >= 4 is 5.91 Å².